The first kappa shape index (κ1) is 15.0. The van der Waals surface area contributed by atoms with E-state index < -0.39 is 23.8 Å². The zero-order valence-electron chi connectivity index (χ0n) is 12.0. The Morgan fingerprint density at radius 3 is 2.76 bits per heavy atom. The van der Waals surface area contributed by atoms with Gasteiger partial charge >= 0.3 is 11.8 Å². The molecule has 3 N–H and O–H groups in total. The lowest BCUT2D eigenvalue weighted by Gasteiger charge is -2.27. The molecular weight excluding hydrogens is 270 g/mol. The Labute approximate surface area is 123 Å². The number of hydrogen-bond acceptors (Lipinski definition) is 3. The lowest BCUT2D eigenvalue weighted by atomic mass is 10.1. The Hall–Kier alpha value is -2.37. The van der Waals surface area contributed by atoms with Crippen molar-refractivity contribution in [3.63, 3.8) is 0 Å². The molecule has 1 aromatic rings. The largest absolute Gasteiger partial charge is 0.368 e. The molecule has 6 nitrogen and oxygen atoms in total. The maximum absolute atomic E-state index is 12.2. The molecule has 0 bridgehead atoms. The van der Waals surface area contributed by atoms with Crippen molar-refractivity contribution in [1.82, 2.24) is 4.90 Å². The number of hydrogen-bond donors (Lipinski definition) is 2. The van der Waals surface area contributed by atoms with Gasteiger partial charge in [-0.3, -0.25) is 14.4 Å². The number of fused-ring (bicyclic) bond motifs is 1. The summed E-state index contributed by atoms with van der Waals surface area (Å²) in [7, 11) is 0. The van der Waals surface area contributed by atoms with Crippen molar-refractivity contribution < 1.29 is 14.4 Å². The molecule has 0 fully saturated rings. The van der Waals surface area contributed by atoms with Gasteiger partial charge in [0, 0.05) is 12.2 Å². The molecule has 21 heavy (non-hydrogen) atoms. The number of benzene rings is 1. The van der Waals surface area contributed by atoms with E-state index in [-0.39, 0.29) is 6.54 Å². The minimum absolute atomic E-state index is 0.199. The SMILES string of the molecule is CCCC[C@@H](C(N)=O)N1Cc2ccccc2NC(=O)C1=O. The lowest BCUT2D eigenvalue weighted by molar-refractivity contribution is -0.147. The van der Waals surface area contributed by atoms with Crippen molar-refractivity contribution in [3.05, 3.63) is 29.8 Å². The van der Waals surface area contributed by atoms with Gasteiger partial charge < -0.3 is 16.0 Å². The normalized spacial score (nSPS) is 16.0. The van der Waals surface area contributed by atoms with E-state index in [0.29, 0.717) is 12.1 Å². The summed E-state index contributed by atoms with van der Waals surface area (Å²) in [5, 5.41) is 2.57. The number of primary amides is 1. The van der Waals surface area contributed by atoms with E-state index in [1.165, 1.54) is 4.90 Å². The first-order valence-electron chi connectivity index (χ1n) is 7.03. The molecule has 0 saturated carbocycles. The van der Waals surface area contributed by atoms with Crippen molar-refractivity contribution in [3.8, 4) is 0 Å². The van der Waals surface area contributed by atoms with Gasteiger partial charge in [-0.05, 0) is 18.1 Å². The summed E-state index contributed by atoms with van der Waals surface area (Å²) in [6, 6.07) is 6.40. The summed E-state index contributed by atoms with van der Waals surface area (Å²) < 4.78 is 0. The number of nitrogens with two attached hydrogens (primary N) is 1. The number of para-hydroxylation sites is 1. The summed E-state index contributed by atoms with van der Waals surface area (Å²) in [5.41, 5.74) is 6.81. The van der Waals surface area contributed by atoms with Crippen LogP contribution in [0.5, 0.6) is 0 Å². The van der Waals surface area contributed by atoms with E-state index >= 15 is 0 Å². The fraction of sp³-hybridized carbons (Fsp3) is 0.400. The number of amides is 3. The molecular formula is C15H19N3O3. The third-order valence-electron chi connectivity index (χ3n) is 3.60. The Balaban J connectivity index is 2.34. The molecule has 3 amide bonds. The zero-order valence-corrected chi connectivity index (χ0v) is 12.0. The first-order valence-corrected chi connectivity index (χ1v) is 7.03. The van der Waals surface area contributed by atoms with Crippen LogP contribution in [-0.2, 0) is 20.9 Å². The number of nitrogens with one attached hydrogen (secondary N) is 1. The van der Waals surface area contributed by atoms with Gasteiger partial charge in [-0.1, -0.05) is 38.0 Å². The van der Waals surface area contributed by atoms with Crippen LogP contribution in [0.1, 0.15) is 31.7 Å². The van der Waals surface area contributed by atoms with Gasteiger partial charge in [0.15, 0.2) is 0 Å². The Bertz CT molecular complexity index is 571. The summed E-state index contributed by atoms with van der Waals surface area (Å²) in [5.74, 6) is -2.03. The van der Waals surface area contributed by atoms with Crippen LogP contribution < -0.4 is 11.1 Å². The Morgan fingerprint density at radius 2 is 2.10 bits per heavy atom. The summed E-state index contributed by atoms with van der Waals surface area (Å²) >= 11 is 0. The fourth-order valence-electron chi connectivity index (χ4n) is 2.44. The number of nitrogens with zero attached hydrogens (tertiary/aromatic N) is 1. The van der Waals surface area contributed by atoms with Crippen LogP contribution in [0.25, 0.3) is 0 Å². The molecule has 112 valence electrons. The molecule has 1 heterocycles. The highest BCUT2D eigenvalue weighted by Gasteiger charge is 2.34. The molecule has 0 aromatic heterocycles. The van der Waals surface area contributed by atoms with Crippen LogP contribution in [0.15, 0.2) is 24.3 Å². The molecule has 1 aliphatic rings. The summed E-state index contributed by atoms with van der Waals surface area (Å²) in [4.78, 5) is 37.1. The third kappa shape index (κ3) is 3.21. The molecule has 1 aromatic carbocycles. The average molecular weight is 289 g/mol. The standard InChI is InChI=1S/C15H19N3O3/c1-2-3-8-12(13(16)19)18-9-10-6-4-5-7-11(10)17-14(20)15(18)21/h4-7,12H,2-3,8-9H2,1H3,(H2,16,19)(H,17,20)/t12-/m0/s1. The highest BCUT2D eigenvalue weighted by Crippen LogP contribution is 2.23. The van der Waals surface area contributed by atoms with Crippen LogP contribution in [0.3, 0.4) is 0 Å². The maximum atomic E-state index is 12.2. The molecule has 0 radical (unpaired) electrons. The molecule has 1 aliphatic heterocycles. The van der Waals surface area contributed by atoms with Crippen molar-refractivity contribution in [1.29, 1.82) is 0 Å². The third-order valence-corrected chi connectivity index (χ3v) is 3.60. The van der Waals surface area contributed by atoms with E-state index in [9.17, 15) is 14.4 Å². The van der Waals surface area contributed by atoms with E-state index in [0.717, 1.165) is 18.4 Å². The number of carbonyl (C=O) groups is 3. The van der Waals surface area contributed by atoms with E-state index in [1.54, 1.807) is 12.1 Å². The minimum Gasteiger partial charge on any atom is -0.368 e. The van der Waals surface area contributed by atoms with Gasteiger partial charge in [0.2, 0.25) is 5.91 Å². The number of carbonyl (C=O) groups excluding carboxylic acids is 3. The maximum Gasteiger partial charge on any atom is 0.313 e. The molecule has 1 atom stereocenters. The molecule has 0 spiro atoms. The van der Waals surface area contributed by atoms with E-state index in [4.69, 9.17) is 5.73 Å². The van der Waals surface area contributed by atoms with Gasteiger partial charge in [0.05, 0.1) is 0 Å². The fourth-order valence-corrected chi connectivity index (χ4v) is 2.44. The van der Waals surface area contributed by atoms with Gasteiger partial charge in [0.25, 0.3) is 0 Å². The molecule has 2 rings (SSSR count). The average Bonchev–Trinajstić information content (AvgIpc) is 2.58. The second-order valence-corrected chi connectivity index (χ2v) is 5.10. The van der Waals surface area contributed by atoms with E-state index in [1.807, 2.05) is 19.1 Å². The Kier molecular flexibility index (Phi) is 4.57. The predicted molar refractivity (Wildman–Crippen MR) is 78.1 cm³/mol. The minimum atomic E-state index is -0.755. The zero-order chi connectivity index (χ0) is 15.4. The van der Waals surface area contributed by atoms with Crippen molar-refractivity contribution in [2.45, 2.75) is 38.8 Å². The summed E-state index contributed by atoms with van der Waals surface area (Å²) in [6.07, 6.45) is 2.11. The van der Waals surface area contributed by atoms with Crippen LogP contribution in [0, 0.1) is 0 Å². The van der Waals surface area contributed by atoms with Gasteiger partial charge in [-0.15, -0.1) is 0 Å². The highest BCUT2D eigenvalue weighted by molar-refractivity contribution is 6.40. The van der Waals surface area contributed by atoms with Crippen LogP contribution in [0.4, 0.5) is 5.69 Å². The van der Waals surface area contributed by atoms with Crippen LogP contribution >= 0.6 is 0 Å². The monoisotopic (exact) mass is 289 g/mol. The van der Waals surface area contributed by atoms with Crippen LogP contribution in [0.2, 0.25) is 0 Å². The highest BCUT2D eigenvalue weighted by atomic mass is 16.2. The summed E-state index contributed by atoms with van der Waals surface area (Å²) in [6.45, 7) is 2.19. The van der Waals surface area contributed by atoms with Gasteiger partial charge in [-0.25, -0.2) is 0 Å². The second-order valence-electron chi connectivity index (χ2n) is 5.10. The van der Waals surface area contributed by atoms with Gasteiger partial charge in [0.1, 0.15) is 6.04 Å². The van der Waals surface area contributed by atoms with Gasteiger partial charge in [-0.2, -0.15) is 0 Å². The number of unbranched alkanes of at least 4 members (excludes halogenated alkanes) is 1. The first-order chi connectivity index (χ1) is 10.0. The molecule has 0 saturated heterocycles. The van der Waals surface area contributed by atoms with Crippen molar-refractivity contribution >= 4 is 23.4 Å². The number of anilines is 1. The predicted octanol–water partition coefficient (Wildman–Crippen LogP) is 1.01. The quantitative estimate of drug-likeness (QED) is 0.792. The van der Waals surface area contributed by atoms with Crippen LogP contribution in [-0.4, -0.2) is 28.7 Å². The lowest BCUT2D eigenvalue weighted by Crippen LogP contribution is -2.49. The topological polar surface area (TPSA) is 92.5 Å². The molecule has 6 heteroatoms. The number of rotatable bonds is 5. The van der Waals surface area contributed by atoms with Crippen molar-refractivity contribution in [2.24, 2.45) is 5.73 Å². The molecule has 0 aliphatic carbocycles. The second kappa shape index (κ2) is 6.39. The Morgan fingerprint density at radius 1 is 1.38 bits per heavy atom. The smallest absolute Gasteiger partial charge is 0.313 e. The molecule has 0 unspecified atom stereocenters. The van der Waals surface area contributed by atoms with E-state index in [2.05, 4.69) is 5.32 Å². The van der Waals surface area contributed by atoms with Crippen molar-refractivity contribution in [2.75, 3.05) is 5.32 Å².